The van der Waals surface area contributed by atoms with E-state index in [1.165, 1.54) is 30.7 Å². The Morgan fingerprint density at radius 1 is 1.16 bits per heavy atom. The van der Waals surface area contributed by atoms with Crippen LogP contribution in [0.4, 0.5) is 0 Å². The smallest absolute Gasteiger partial charge is 0.147 e. The molecule has 1 N–H and O–H groups in total. The van der Waals surface area contributed by atoms with E-state index >= 15 is 0 Å². The van der Waals surface area contributed by atoms with Crippen molar-refractivity contribution >= 4 is 21.7 Å². The lowest BCUT2D eigenvalue weighted by Gasteiger charge is -2.24. The standard InChI is InChI=1S/C14H19N3OS/c1-8-3-5-10(6-4-8)13-17-12-11(7-18)15-9(2)16-14(12)19-13/h8,10,18H,3-7H2,1-2H3. The third-order valence-corrected chi connectivity index (χ3v) is 5.09. The summed E-state index contributed by atoms with van der Waals surface area (Å²) in [6.45, 7) is 4.12. The molecule has 19 heavy (non-hydrogen) atoms. The number of aryl methyl sites for hydroxylation is 1. The summed E-state index contributed by atoms with van der Waals surface area (Å²) in [7, 11) is 0. The molecule has 4 nitrogen and oxygen atoms in total. The molecule has 0 amide bonds. The maximum absolute atomic E-state index is 9.39. The van der Waals surface area contributed by atoms with E-state index in [0.29, 0.717) is 17.4 Å². The number of hydrogen-bond donors (Lipinski definition) is 1. The minimum absolute atomic E-state index is 0.0647. The second-order valence-electron chi connectivity index (χ2n) is 5.54. The lowest BCUT2D eigenvalue weighted by atomic mass is 9.83. The molecule has 1 fully saturated rings. The van der Waals surface area contributed by atoms with Crippen molar-refractivity contribution in [2.45, 2.75) is 52.1 Å². The summed E-state index contributed by atoms with van der Waals surface area (Å²) in [6, 6.07) is 0. The largest absolute Gasteiger partial charge is 0.390 e. The van der Waals surface area contributed by atoms with Crippen molar-refractivity contribution in [2.24, 2.45) is 5.92 Å². The van der Waals surface area contributed by atoms with Crippen LogP contribution in [-0.2, 0) is 6.61 Å². The van der Waals surface area contributed by atoms with Crippen molar-refractivity contribution in [2.75, 3.05) is 0 Å². The van der Waals surface area contributed by atoms with Crippen LogP contribution in [0.15, 0.2) is 0 Å². The van der Waals surface area contributed by atoms with E-state index in [1.54, 1.807) is 11.3 Å². The Morgan fingerprint density at radius 2 is 1.89 bits per heavy atom. The number of thiazole rings is 1. The van der Waals surface area contributed by atoms with Gasteiger partial charge in [0, 0.05) is 5.92 Å². The molecule has 1 saturated carbocycles. The van der Waals surface area contributed by atoms with Crippen LogP contribution in [0.5, 0.6) is 0 Å². The molecule has 1 aliphatic carbocycles. The first-order valence-corrected chi connectivity index (χ1v) is 7.74. The number of nitrogens with zero attached hydrogens (tertiary/aromatic N) is 3. The van der Waals surface area contributed by atoms with E-state index in [-0.39, 0.29) is 6.61 Å². The van der Waals surface area contributed by atoms with Gasteiger partial charge in [-0.15, -0.1) is 0 Å². The van der Waals surface area contributed by atoms with E-state index in [1.807, 2.05) is 6.92 Å². The number of aromatic nitrogens is 3. The quantitative estimate of drug-likeness (QED) is 0.916. The highest BCUT2D eigenvalue weighted by atomic mass is 32.1. The Bertz CT molecular complexity index is 588. The van der Waals surface area contributed by atoms with Crippen molar-refractivity contribution < 1.29 is 5.11 Å². The van der Waals surface area contributed by atoms with Gasteiger partial charge in [-0.1, -0.05) is 31.1 Å². The van der Waals surface area contributed by atoms with Crippen molar-refractivity contribution in [3.8, 4) is 0 Å². The molecule has 2 aromatic rings. The molecular weight excluding hydrogens is 258 g/mol. The van der Waals surface area contributed by atoms with Crippen LogP contribution >= 0.6 is 11.3 Å². The first kappa shape index (κ1) is 12.9. The normalized spacial score (nSPS) is 23.9. The summed E-state index contributed by atoms with van der Waals surface area (Å²) in [4.78, 5) is 14.4. The zero-order valence-corrected chi connectivity index (χ0v) is 12.2. The minimum Gasteiger partial charge on any atom is -0.390 e. The van der Waals surface area contributed by atoms with Crippen LogP contribution in [0, 0.1) is 12.8 Å². The van der Waals surface area contributed by atoms with Crippen LogP contribution in [-0.4, -0.2) is 20.1 Å². The van der Waals surface area contributed by atoms with Gasteiger partial charge in [-0.25, -0.2) is 15.0 Å². The van der Waals surface area contributed by atoms with Gasteiger partial charge in [0.05, 0.1) is 17.3 Å². The second kappa shape index (κ2) is 5.13. The fourth-order valence-corrected chi connectivity index (χ4v) is 3.98. The summed E-state index contributed by atoms with van der Waals surface area (Å²) >= 11 is 1.68. The Hall–Kier alpha value is -1.07. The van der Waals surface area contributed by atoms with Crippen LogP contribution in [0.25, 0.3) is 10.3 Å². The third kappa shape index (κ3) is 2.49. The lowest BCUT2D eigenvalue weighted by Crippen LogP contribution is -2.10. The number of hydrogen-bond acceptors (Lipinski definition) is 5. The molecule has 1 aliphatic rings. The zero-order valence-electron chi connectivity index (χ0n) is 11.4. The van der Waals surface area contributed by atoms with Gasteiger partial charge in [-0.3, -0.25) is 0 Å². The molecular formula is C14H19N3OS. The van der Waals surface area contributed by atoms with E-state index in [0.717, 1.165) is 16.3 Å². The first-order valence-electron chi connectivity index (χ1n) is 6.92. The van der Waals surface area contributed by atoms with E-state index in [9.17, 15) is 5.11 Å². The molecule has 0 aliphatic heterocycles. The predicted octanol–water partition coefficient (Wildman–Crippen LogP) is 3.18. The summed E-state index contributed by atoms with van der Waals surface area (Å²) in [6.07, 6.45) is 5.03. The van der Waals surface area contributed by atoms with Crippen LogP contribution in [0.3, 0.4) is 0 Å². The minimum atomic E-state index is -0.0647. The summed E-state index contributed by atoms with van der Waals surface area (Å²) in [5.74, 6) is 2.13. The van der Waals surface area contributed by atoms with Crippen LogP contribution in [0.2, 0.25) is 0 Å². The number of aliphatic hydroxyl groups excluding tert-OH is 1. The molecule has 0 aromatic carbocycles. The summed E-state index contributed by atoms with van der Waals surface area (Å²) in [5.41, 5.74) is 1.46. The monoisotopic (exact) mass is 277 g/mol. The maximum Gasteiger partial charge on any atom is 0.147 e. The molecule has 5 heteroatoms. The summed E-state index contributed by atoms with van der Waals surface area (Å²) in [5, 5.41) is 10.6. The van der Waals surface area contributed by atoms with Crippen molar-refractivity contribution in [1.29, 1.82) is 0 Å². The van der Waals surface area contributed by atoms with Gasteiger partial charge in [0.15, 0.2) is 0 Å². The number of fused-ring (bicyclic) bond motifs is 1. The average Bonchev–Trinajstić information content (AvgIpc) is 2.82. The third-order valence-electron chi connectivity index (χ3n) is 3.97. The molecule has 0 unspecified atom stereocenters. The topological polar surface area (TPSA) is 58.9 Å². The molecule has 0 radical (unpaired) electrons. The highest BCUT2D eigenvalue weighted by molar-refractivity contribution is 7.18. The average molecular weight is 277 g/mol. The van der Waals surface area contributed by atoms with E-state index < -0.39 is 0 Å². The zero-order chi connectivity index (χ0) is 13.4. The molecule has 0 spiro atoms. The molecule has 0 saturated heterocycles. The van der Waals surface area contributed by atoms with Gasteiger partial charge in [0.25, 0.3) is 0 Å². The van der Waals surface area contributed by atoms with Gasteiger partial charge in [0.1, 0.15) is 16.2 Å². The first-order chi connectivity index (χ1) is 9.17. The van der Waals surface area contributed by atoms with Crippen LogP contribution in [0.1, 0.15) is 55.1 Å². The highest BCUT2D eigenvalue weighted by Crippen LogP contribution is 2.38. The predicted molar refractivity (Wildman–Crippen MR) is 76.2 cm³/mol. The Labute approximate surface area is 116 Å². The van der Waals surface area contributed by atoms with Gasteiger partial charge in [-0.2, -0.15) is 0 Å². The molecule has 0 atom stereocenters. The Morgan fingerprint density at radius 3 is 2.58 bits per heavy atom. The van der Waals surface area contributed by atoms with E-state index in [4.69, 9.17) is 4.98 Å². The second-order valence-corrected chi connectivity index (χ2v) is 6.55. The Balaban J connectivity index is 1.97. The molecule has 0 bridgehead atoms. The SMILES string of the molecule is Cc1nc(CO)c2nc(C3CCC(C)CC3)sc2n1. The Kier molecular flexibility index (Phi) is 3.50. The number of rotatable bonds is 2. The van der Waals surface area contributed by atoms with E-state index in [2.05, 4.69) is 16.9 Å². The fraction of sp³-hybridized carbons (Fsp3) is 0.643. The maximum atomic E-state index is 9.39. The van der Waals surface area contributed by atoms with Gasteiger partial charge >= 0.3 is 0 Å². The molecule has 102 valence electrons. The van der Waals surface area contributed by atoms with Crippen LogP contribution < -0.4 is 0 Å². The highest BCUT2D eigenvalue weighted by Gasteiger charge is 2.23. The number of aliphatic hydroxyl groups is 1. The molecule has 3 rings (SSSR count). The van der Waals surface area contributed by atoms with Crippen molar-refractivity contribution in [1.82, 2.24) is 15.0 Å². The molecule has 2 aromatic heterocycles. The van der Waals surface area contributed by atoms with Crippen molar-refractivity contribution in [3.63, 3.8) is 0 Å². The lowest BCUT2D eigenvalue weighted by molar-refractivity contribution is 0.278. The van der Waals surface area contributed by atoms with Gasteiger partial charge in [0.2, 0.25) is 0 Å². The summed E-state index contributed by atoms with van der Waals surface area (Å²) < 4.78 is 0. The van der Waals surface area contributed by atoms with Gasteiger partial charge in [-0.05, 0) is 25.7 Å². The van der Waals surface area contributed by atoms with Crippen molar-refractivity contribution in [3.05, 3.63) is 16.5 Å². The van der Waals surface area contributed by atoms with Gasteiger partial charge < -0.3 is 5.11 Å². The fourth-order valence-electron chi connectivity index (χ4n) is 2.80. The molecule has 2 heterocycles.